The van der Waals surface area contributed by atoms with E-state index < -0.39 is 11.7 Å². The molecule has 3 nitrogen and oxygen atoms in total. The second-order valence-corrected chi connectivity index (χ2v) is 6.17. The Hall–Kier alpha value is -1.89. The number of nitrogens with one attached hydrogen (secondary N) is 1. The molecule has 0 fully saturated rings. The van der Waals surface area contributed by atoms with E-state index in [1.807, 2.05) is 0 Å². The lowest BCUT2D eigenvalue weighted by atomic mass is 9.90. The van der Waals surface area contributed by atoms with Gasteiger partial charge in [0.2, 0.25) is 5.91 Å². The van der Waals surface area contributed by atoms with Crippen LogP contribution < -0.4 is 5.32 Å². The van der Waals surface area contributed by atoms with Crippen molar-refractivity contribution in [3.05, 3.63) is 45.9 Å². The molecular formula is C15H13F3N2OS. The lowest BCUT2D eigenvalue weighted by Crippen LogP contribution is -2.27. The van der Waals surface area contributed by atoms with Gasteiger partial charge in [-0.15, -0.1) is 11.3 Å². The second-order valence-electron chi connectivity index (χ2n) is 5.23. The van der Waals surface area contributed by atoms with E-state index in [4.69, 9.17) is 0 Å². The molecule has 0 saturated heterocycles. The summed E-state index contributed by atoms with van der Waals surface area (Å²) >= 11 is 1.54. The van der Waals surface area contributed by atoms with Gasteiger partial charge in [0.05, 0.1) is 16.8 Å². The Morgan fingerprint density at radius 2 is 2.00 bits per heavy atom. The van der Waals surface area contributed by atoms with Crippen LogP contribution in [-0.2, 0) is 23.8 Å². The van der Waals surface area contributed by atoms with E-state index >= 15 is 0 Å². The van der Waals surface area contributed by atoms with Crippen LogP contribution in [0.4, 0.5) is 18.9 Å². The zero-order valence-corrected chi connectivity index (χ0v) is 12.3. The van der Waals surface area contributed by atoms with Crippen molar-refractivity contribution in [1.29, 1.82) is 0 Å². The van der Waals surface area contributed by atoms with Crippen LogP contribution in [0.15, 0.2) is 29.8 Å². The Bertz CT molecular complexity index is 679. The standard InChI is InChI=1S/C15H13F3N2OS/c16-15(17,18)10-2-4-11(5-3-10)20-14(21)9-1-6-12-13(7-9)22-8-19-12/h2-5,8-9H,1,6-7H2,(H,20,21). The molecule has 3 rings (SSSR count). The number of hydrogen-bond donors (Lipinski definition) is 1. The van der Waals surface area contributed by atoms with Crippen molar-refractivity contribution in [2.45, 2.75) is 25.4 Å². The maximum Gasteiger partial charge on any atom is 0.416 e. The number of nitrogens with zero attached hydrogens (tertiary/aromatic N) is 1. The molecule has 1 atom stereocenters. The predicted molar refractivity (Wildman–Crippen MR) is 77.7 cm³/mol. The molecule has 0 aliphatic heterocycles. The largest absolute Gasteiger partial charge is 0.416 e. The van der Waals surface area contributed by atoms with Crippen LogP contribution >= 0.6 is 11.3 Å². The number of halogens is 3. The number of benzene rings is 1. The number of fused-ring (bicyclic) bond motifs is 1. The molecule has 1 N–H and O–H groups in total. The molecule has 0 saturated carbocycles. The lowest BCUT2D eigenvalue weighted by Gasteiger charge is -2.20. The molecule has 0 spiro atoms. The van der Waals surface area contributed by atoms with Gasteiger partial charge in [-0.05, 0) is 43.5 Å². The first kappa shape index (κ1) is 15.0. The molecule has 1 aliphatic rings. The van der Waals surface area contributed by atoms with Gasteiger partial charge in [-0.1, -0.05) is 0 Å². The van der Waals surface area contributed by atoms with Gasteiger partial charge in [0.1, 0.15) is 0 Å². The summed E-state index contributed by atoms with van der Waals surface area (Å²) in [5.41, 5.74) is 2.50. The number of carbonyl (C=O) groups excluding carboxylic acids is 1. The molecule has 0 bridgehead atoms. The number of aryl methyl sites for hydroxylation is 1. The van der Waals surface area contributed by atoms with Crippen LogP contribution in [0.1, 0.15) is 22.6 Å². The average Bonchev–Trinajstić information content (AvgIpc) is 2.94. The van der Waals surface area contributed by atoms with Crippen LogP contribution in [-0.4, -0.2) is 10.9 Å². The van der Waals surface area contributed by atoms with Crippen molar-refractivity contribution in [3.63, 3.8) is 0 Å². The number of carbonyl (C=O) groups is 1. The van der Waals surface area contributed by atoms with Gasteiger partial charge < -0.3 is 5.32 Å². The minimum absolute atomic E-state index is 0.154. The molecule has 22 heavy (non-hydrogen) atoms. The molecule has 1 heterocycles. The summed E-state index contributed by atoms with van der Waals surface area (Å²) in [7, 11) is 0. The van der Waals surface area contributed by atoms with Gasteiger partial charge in [-0.25, -0.2) is 4.98 Å². The van der Waals surface area contributed by atoms with Crippen LogP contribution in [0.5, 0.6) is 0 Å². The lowest BCUT2D eigenvalue weighted by molar-refractivity contribution is -0.137. The van der Waals surface area contributed by atoms with Crippen LogP contribution in [0.25, 0.3) is 0 Å². The highest BCUT2D eigenvalue weighted by molar-refractivity contribution is 7.09. The number of thiazole rings is 1. The zero-order chi connectivity index (χ0) is 15.7. The minimum atomic E-state index is -4.37. The van der Waals surface area contributed by atoms with Gasteiger partial charge >= 0.3 is 6.18 Å². The Kier molecular flexibility index (Phi) is 3.90. The van der Waals surface area contributed by atoms with E-state index in [0.717, 1.165) is 29.1 Å². The highest BCUT2D eigenvalue weighted by atomic mass is 32.1. The number of hydrogen-bond acceptors (Lipinski definition) is 3. The van der Waals surface area contributed by atoms with E-state index in [-0.39, 0.29) is 11.8 Å². The maximum atomic E-state index is 12.5. The molecule has 1 unspecified atom stereocenters. The maximum absolute atomic E-state index is 12.5. The van der Waals surface area contributed by atoms with Gasteiger partial charge in [-0.3, -0.25) is 4.79 Å². The minimum Gasteiger partial charge on any atom is -0.326 e. The van der Waals surface area contributed by atoms with Crippen molar-refractivity contribution in [2.75, 3.05) is 5.32 Å². The molecule has 1 aromatic carbocycles. The Balaban J connectivity index is 1.65. The molecule has 1 amide bonds. The molecule has 1 aliphatic carbocycles. The SMILES string of the molecule is O=C(Nc1ccc(C(F)(F)F)cc1)C1CCc2ncsc2C1. The topological polar surface area (TPSA) is 42.0 Å². The van der Waals surface area contributed by atoms with Crippen molar-refractivity contribution >= 4 is 22.9 Å². The fourth-order valence-electron chi connectivity index (χ4n) is 2.51. The van der Waals surface area contributed by atoms with E-state index in [1.54, 1.807) is 16.8 Å². The van der Waals surface area contributed by atoms with Gasteiger partial charge in [-0.2, -0.15) is 13.2 Å². The van der Waals surface area contributed by atoms with E-state index in [2.05, 4.69) is 10.3 Å². The molecule has 1 aromatic heterocycles. The Morgan fingerprint density at radius 3 is 2.68 bits per heavy atom. The third kappa shape index (κ3) is 3.14. The van der Waals surface area contributed by atoms with E-state index in [9.17, 15) is 18.0 Å². The van der Waals surface area contributed by atoms with Crippen molar-refractivity contribution in [2.24, 2.45) is 5.92 Å². The fourth-order valence-corrected chi connectivity index (χ4v) is 3.41. The Labute approximate surface area is 129 Å². The molecule has 116 valence electrons. The summed E-state index contributed by atoms with van der Waals surface area (Å²) in [5, 5.41) is 2.69. The third-order valence-electron chi connectivity index (χ3n) is 3.74. The number of alkyl halides is 3. The highest BCUT2D eigenvalue weighted by Crippen LogP contribution is 2.31. The summed E-state index contributed by atoms with van der Waals surface area (Å²) in [4.78, 5) is 17.6. The fraction of sp³-hybridized carbons (Fsp3) is 0.333. The first-order valence-corrected chi connectivity index (χ1v) is 7.71. The summed E-state index contributed by atoms with van der Waals surface area (Å²) in [5.74, 6) is -0.311. The second kappa shape index (κ2) is 5.72. The summed E-state index contributed by atoms with van der Waals surface area (Å²) < 4.78 is 37.5. The summed E-state index contributed by atoms with van der Waals surface area (Å²) in [6.07, 6.45) is -2.24. The molecule has 0 radical (unpaired) electrons. The van der Waals surface area contributed by atoms with Crippen molar-refractivity contribution < 1.29 is 18.0 Å². The zero-order valence-electron chi connectivity index (χ0n) is 11.5. The highest BCUT2D eigenvalue weighted by Gasteiger charge is 2.30. The van der Waals surface area contributed by atoms with Gasteiger partial charge in [0, 0.05) is 16.5 Å². The van der Waals surface area contributed by atoms with Gasteiger partial charge in [0.15, 0.2) is 0 Å². The normalized spacial score (nSPS) is 17.9. The summed E-state index contributed by atoms with van der Waals surface area (Å²) in [6.45, 7) is 0. The first-order chi connectivity index (χ1) is 10.4. The summed E-state index contributed by atoms with van der Waals surface area (Å²) in [6, 6.07) is 4.50. The quantitative estimate of drug-likeness (QED) is 0.909. The molecular weight excluding hydrogens is 313 g/mol. The van der Waals surface area contributed by atoms with Crippen molar-refractivity contribution in [1.82, 2.24) is 4.98 Å². The number of anilines is 1. The van der Waals surface area contributed by atoms with E-state index in [1.165, 1.54) is 12.1 Å². The molecule has 7 heteroatoms. The van der Waals surface area contributed by atoms with Crippen molar-refractivity contribution in [3.8, 4) is 0 Å². The third-order valence-corrected chi connectivity index (χ3v) is 4.63. The van der Waals surface area contributed by atoms with Crippen LogP contribution in [0, 0.1) is 5.92 Å². The average molecular weight is 326 g/mol. The number of aromatic nitrogens is 1. The van der Waals surface area contributed by atoms with Gasteiger partial charge in [0.25, 0.3) is 0 Å². The first-order valence-electron chi connectivity index (χ1n) is 6.83. The number of rotatable bonds is 2. The smallest absolute Gasteiger partial charge is 0.326 e. The molecule has 2 aromatic rings. The van der Waals surface area contributed by atoms with E-state index in [0.29, 0.717) is 18.5 Å². The predicted octanol–water partition coefficient (Wildman–Crippen LogP) is 3.91. The Morgan fingerprint density at radius 1 is 1.27 bits per heavy atom. The van der Waals surface area contributed by atoms with Crippen LogP contribution in [0.3, 0.4) is 0 Å². The monoisotopic (exact) mass is 326 g/mol. The van der Waals surface area contributed by atoms with Crippen LogP contribution in [0.2, 0.25) is 0 Å². The number of amides is 1.